The van der Waals surface area contributed by atoms with Crippen LogP contribution in [0.25, 0.3) is 11.3 Å². The Balaban J connectivity index is 2.31. The first-order valence-corrected chi connectivity index (χ1v) is 5.48. The van der Waals surface area contributed by atoms with Crippen molar-refractivity contribution in [2.45, 2.75) is 6.92 Å². The van der Waals surface area contributed by atoms with Gasteiger partial charge in [0.05, 0.1) is 12.3 Å². The average Bonchev–Trinajstić information content (AvgIpc) is 2.40. The fourth-order valence-corrected chi connectivity index (χ4v) is 1.56. The van der Waals surface area contributed by atoms with Crippen molar-refractivity contribution in [1.29, 1.82) is 0 Å². The van der Waals surface area contributed by atoms with Crippen LogP contribution in [0.3, 0.4) is 0 Å². The van der Waals surface area contributed by atoms with Crippen LogP contribution in [0, 0.1) is 0 Å². The van der Waals surface area contributed by atoms with E-state index in [9.17, 15) is 4.79 Å². The molecule has 2 rings (SSSR count). The first kappa shape index (κ1) is 11.3. The predicted octanol–water partition coefficient (Wildman–Crippen LogP) is 2.96. The average molecular weight is 227 g/mol. The molecule has 0 unspecified atom stereocenters. The lowest BCUT2D eigenvalue weighted by molar-refractivity contribution is 0.112. The van der Waals surface area contributed by atoms with Crippen molar-refractivity contribution < 1.29 is 9.53 Å². The molecule has 0 aliphatic heterocycles. The smallest absolute Gasteiger partial charge is 0.151 e. The number of benzene rings is 1. The van der Waals surface area contributed by atoms with Gasteiger partial charge in [0.25, 0.3) is 0 Å². The summed E-state index contributed by atoms with van der Waals surface area (Å²) in [4.78, 5) is 14.8. The van der Waals surface area contributed by atoms with Gasteiger partial charge in [0.15, 0.2) is 6.29 Å². The summed E-state index contributed by atoms with van der Waals surface area (Å²) < 4.78 is 5.43. The van der Waals surface area contributed by atoms with E-state index in [1.165, 1.54) is 0 Å². The van der Waals surface area contributed by atoms with Gasteiger partial charge < -0.3 is 4.74 Å². The van der Waals surface area contributed by atoms with Gasteiger partial charge in [0, 0.05) is 17.3 Å². The number of aldehydes is 1. The lowest BCUT2D eigenvalue weighted by Gasteiger charge is -2.05. The zero-order valence-electron chi connectivity index (χ0n) is 9.59. The van der Waals surface area contributed by atoms with E-state index >= 15 is 0 Å². The maximum atomic E-state index is 10.5. The maximum Gasteiger partial charge on any atom is 0.151 e. The van der Waals surface area contributed by atoms with Crippen molar-refractivity contribution in [2.24, 2.45) is 0 Å². The number of ether oxygens (including phenoxy) is 1. The van der Waals surface area contributed by atoms with E-state index in [1.54, 1.807) is 12.3 Å². The second-order valence-corrected chi connectivity index (χ2v) is 3.56. The fourth-order valence-electron chi connectivity index (χ4n) is 1.56. The number of hydrogen-bond donors (Lipinski definition) is 0. The first-order valence-electron chi connectivity index (χ1n) is 5.48. The zero-order valence-corrected chi connectivity index (χ0v) is 9.59. The molecule has 1 heterocycles. The van der Waals surface area contributed by atoms with E-state index in [2.05, 4.69) is 4.98 Å². The molecule has 0 spiro atoms. The molecule has 0 saturated carbocycles. The molecule has 0 N–H and O–H groups in total. The van der Waals surface area contributed by atoms with Crippen LogP contribution in [0.4, 0.5) is 0 Å². The Bertz CT molecular complexity index is 506. The molecule has 0 aliphatic carbocycles. The highest BCUT2D eigenvalue weighted by Crippen LogP contribution is 2.22. The standard InChI is InChI=1S/C14H13NO2/c1-2-17-13-5-3-4-12(8-13)14-7-6-11(10-16)9-15-14/h3-10H,2H2,1H3. The molecule has 17 heavy (non-hydrogen) atoms. The minimum atomic E-state index is 0.578. The second kappa shape index (κ2) is 5.25. The molecule has 1 aromatic carbocycles. The van der Waals surface area contributed by atoms with E-state index in [0.717, 1.165) is 23.3 Å². The number of hydrogen-bond acceptors (Lipinski definition) is 3. The maximum absolute atomic E-state index is 10.5. The van der Waals surface area contributed by atoms with Crippen molar-refractivity contribution in [3.8, 4) is 17.0 Å². The van der Waals surface area contributed by atoms with Crippen molar-refractivity contribution in [2.75, 3.05) is 6.61 Å². The van der Waals surface area contributed by atoms with Crippen molar-refractivity contribution in [3.05, 3.63) is 48.2 Å². The number of nitrogens with zero attached hydrogens (tertiary/aromatic N) is 1. The molecule has 3 heteroatoms. The van der Waals surface area contributed by atoms with Crippen LogP contribution in [0.1, 0.15) is 17.3 Å². The third-order valence-corrected chi connectivity index (χ3v) is 2.36. The Kier molecular flexibility index (Phi) is 3.50. The zero-order chi connectivity index (χ0) is 12.1. The lowest BCUT2D eigenvalue weighted by atomic mass is 10.1. The fraction of sp³-hybridized carbons (Fsp3) is 0.143. The molecule has 86 valence electrons. The highest BCUT2D eigenvalue weighted by Gasteiger charge is 2.01. The first-order chi connectivity index (χ1) is 8.33. The molecule has 3 nitrogen and oxygen atoms in total. The molecule has 2 aromatic rings. The highest BCUT2D eigenvalue weighted by atomic mass is 16.5. The van der Waals surface area contributed by atoms with Crippen LogP contribution in [0.15, 0.2) is 42.6 Å². The Labute approximate surface area is 100 Å². The van der Waals surface area contributed by atoms with Crippen LogP contribution in [0.5, 0.6) is 5.75 Å². The van der Waals surface area contributed by atoms with Gasteiger partial charge in [0.1, 0.15) is 5.75 Å². The highest BCUT2D eigenvalue weighted by molar-refractivity contribution is 5.75. The van der Waals surface area contributed by atoms with Gasteiger partial charge in [-0.05, 0) is 31.2 Å². The van der Waals surface area contributed by atoms with Gasteiger partial charge in [-0.1, -0.05) is 12.1 Å². The molecule has 0 radical (unpaired) electrons. The quantitative estimate of drug-likeness (QED) is 0.754. The van der Waals surface area contributed by atoms with Crippen LogP contribution < -0.4 is 4.74 Å². The minimum Gasteiger partial charge on any atom is -0.494 e. The normalized spacial score (nSPS) is 9.94. The number of rotatable bonds is 4. The Morgan fingerprint density at radius 1 is 1.29 bits per heavy atom. The molecular formula is C14H13NO2. The molecule has 0 saturated heterocycles. The number of pyridine rings is 1. The third-order valence-electron chi connectivity index (χ3n) is 2.36. The van der Waals surface area contributed by atoms with Gasteiger partial charge in [-0.3, -0.25) is 9.78 Å². The van der Waals surface area contributed by atoms with E-state index in [1.807, 2.05) is 37.3 Å². The SMILES string of the molecule is CCOc1cccc(-c2ccc(C=O)cn2)c1. The summed E-state index contributed by atoms with van der Waals surface area (Å²) in [5.41, 5.74) is 2.39. The van der Waals surface area contributed by atoms with Crippen LogP contribution >= 0.6 is 0 Å². The molecule has 0 bridgehead atoms. The Morgan fingerprint density at radius 2 is 2.18 bits per heavy atom. The van der Waals surface area contributed by atoms with E-state index in [-0.39, 0.29) is 0 Å². The number of carbonyl (C=O) groups excluding carboxylic acids is 1. The van der Waals surface area contributed by atoms with Gasteiger partial charge in [-0.15, -0.1) is 0 Å². The summed E-state index contributed by atoms with van der Waals surface area (Å²) in [7, 11) is 0. The lowest BCUT2D eigenvalue weighted by Crippen LogP contribution is -1.92. The van der Waals surface area contributed by atoms with Gasteiger partial charge in [0.2, 0.25) is 0 Å². The number of aromatic nitrogens is 1. The molecular weight excluding hydrogens is 214 g/mol. The van der Waals surface area contributed by atoms with Gasteiger partial charge in [-0.25, -0.2) is 0 Å². The van der Waals surface area contributed by atoms with Crippen molar-refractivity contribution >= 4 is 6.29 Å². The molecule has 0 atom stereocenters. The predicted molar refractivity (Wildman–Crippen MR) is 66.2 cm³/mol. The molecule has 0 aliphatic rings. The monoisotopic (exact) mass is 227 g/mol. The van der Waals surface area contributed by atoms with Gasteiger partial charge >= 0.3 is 0 Å². The second-order valence-electron chi connectivity index (χ2n) is 3.56. The summed E-state index contributed by atoms with van der Waals surface area (Å²) in [5, 5.41) is 0. The number of carbonyl (C=O) groups is 1. The van der Waals surface area contributed by atoms with Crippen LogP contribution in [-0.2, 0) is 0 Å². The summed E-state index contributed by atoms with van der Waals surface area (Å²) in [5.74, 6) is 0.825. The van der Waals surface area contributed by atoms with Crippen LogP contribution in [-0.4, -0.2) is 17.9 Å². The summed E-state index contributed by atoms with van der Waals surface area (Å²) in [6.07, 6.45) is 2.35. The topological polar surface area (TPSA) is 39.2 Å². The largest absolute Gasteiger partial charge is 0.494 e. The van der Waals surface area contributed by atoms with E-state index in [0.29, 0.717) is 12.2 Å². The third kappa shape index (κ3) is 2.69. The van der Waals surface area contributed by atoms with E-state index in [4.69, 9.17) is 4.74 Å². The van der Waals surface area contributed by atoms with Crippen molar-refractivity contribution in [1.82, 2.24) is 4.98 Å². The van der Waals surface area contributed by atoms with Gasteiger partial charge in [-0.2, -0.15) is 0 Å². The van der Waals surface area contributed by atoms with Crippen molar-refractivity contribution in [3.63, 3.8) is 0 Å². The molecule has 0 amide bonds. The summed E-state index contributed by atoms with van der Waals surface area (Å²) >= 11 is 0. The van der Waals surface area contributed by atoms with Crippen LogP contribution in [0.2, 0.25) is 0 Å². The Morgan fingerprint density at radius 3 is 2.82 bits per heavy atom. The van der Waals surface area contributed by atoms with E-state index < -0.39 is 0 Å². The summed E-state index contributed by atoms with van der Waals surface area (Å²) in [6, 6.07) is 11.3. The molecule has 1 aromatic heterocycles. The Hall–Kier alpha value is -2.16. The summed E-state index contributed by atoms with van der Waals surface area (Å²) in [6.45, 7) is 2.59. The minimum absolute atomic E-state index is 0.578. The molecule has 0 fully saturated rings.